The summed E-state index contributed by atoms with van der Waals surface area (Å²) in [5.41, 5.74) is 0.103. The van der Waals surface area contributed by atoms with Gasteiger partial charge in [-0.3, -0.25) is 4.79 Å². The summed E-state index contributed by atoms with van der Waals surface area (Å²) in [5, 5.41) is 13.2. The summed E-state index contributed by atoms with van der Waals surface area (Å²) in [6.45, 7) is 8.31. The molecule has 0 aromatic carbocycles. The average molecular weight is 300 g/mol. The number of aliphatic carboxylic acids is 1. The Kier molecular flexibility index (Phi) is 6.55. The van der Waals surface area contributed by atoms with Gasteiger partial charge in [0.25, 0.3) is 5.22 Å². The van der Waals surface area contributed by atoms with Crippen LogP contribution in [0.1, 0.15) is 44.6 Å². The zero-order valence-corrected chi connectivity index (χ0v) is 13.5. The molecule has 0 aliphatic carbocycles. The van der Waals surface area contributed by atoms with Crippen LogP contribution < -0.4 is 5.32 Å². The highest BCUT2D eigenvalue weighted by atomic mass is 32.2. The fourth-order valence-corrected chi connectivity index (χ4v) is 2.95. The van der Waals surface area contributed by atoms with E-state index in [0.717, 1.165) is 23.6 Å². The number of aromatic nitrogens is 1. The Balaban J connectivity index is 2.46. The summed E-state index contributed by atoms with van der Waals surface area (Å²) in [7, 11) is 0. The summed E-state index contributed by atoms with van der Waals surface area (Å²) in [4.78, 5) is 15.8. The fourth-order valence-electron chi connectivity index (χ4n) is 2.10. The number of carbonyl (C=O) groups is 1. The van der Waals surface area contributed by atoms with Gasteiger partial charge in [-0.05, 0) is 39.7 Å². The lowest BCUT2D eigenvalue weighted by molar-refractivity contribution is -0.145. The van der Waals surface area contributed by atoms with Gasteiger partial charge >= 0.3 is 5.97 Å². The molecule has 1 unspecified atom stereocenters. The van der Waals surface area contributed by atoms with Gasteiger partial charge < -0.3 is 14.8 Å². The van der Waals surface area contributed by atoms with Crippen LogP contribution in [0.3, 0.4) is 0 Å². The monoisotopic (exact) mass is 300 g/mol. The first-order valence-corrected chi connectivity index (χ1v) is 7.99. The smallest absolute Gasteiger partial charge is 0.323 e. The predicted molar refractivity (Wildman–Crippen MR) is 80.3 cm³/mol. The maximum atomic E-state index is 11.5. The van der Waals surface area contributed by atoms with Gasteiger partial charge in [0.15, 0.2) is 0 Å². The topological polar surface area (TPSA) is 75.4 Å². The number of nitrogens with zero attached hydrogens (tertiary/aromatic N) is 1. The third-order valence-corrected chi connectivity index (χ3v) is 4.42. The number of aryl methyl sites for hydroxylation is 2. The minimum absolute atomic E-state index is 0.581. The van der Waals surface area contributed by atoms with Crippen LogP contribution in [0.15, 0.2) is 9.64 Å². The van der Waals surface area contributed by atoms with Crippen LogP contribution in [0.4, 0.5) is 0 Å². The van der Waals surface area contributed by atoms with Crippen LogP contribution in [0.25, 0.3) is 0 Å². The Labute approximate surface area is 124 Å². The van der Waals surface area contributed by atoms with E-state index in [1.54, 1.807) is 0 Å². The number of likely N-dealkylation sites (N-methyl/N-ethyl adjacent to an activating group) is 1. The molecule has 1 heterocycles. The molecule has 0 fully saturated rings. The molecule has 114 valence electrons. The largest absolute Gasteiger partial charge is 0.480 e. The van der Waals surface area contributed by atoms with Gasteiger partial charge in [-0.15, -0.1) is 0 Å². The molecule has 20 heavy (non-hydrogen) atoms. The second-order valence-corrected chi connectivity index (χ2v) is 5.89. The summed E-state index contributed by atoms with van der Waals surface area (Å²) in [5.74, 6) is 0.878. The second kappa shape index (κ2) is 7.69. The van der Waals surface area contributed by atoms with E-state index in [-0.39, 0.29) is 0 Å². The average Bonchev–Trinajstić information content (AvgIpc) is 2.72. The summed E-state index contributed by atoms with van der Waals surface area (Å²) >= 11 is 1.54. The minimum Gasteiger partial charge on any atom is -0.480 e. The Bertz CT molecular complexity index is 428. The number of hydrogen-bond acceptors (Lipinski definition) is 5. The second-order valence-electron chi connectivity index (χ2n) is 4.84. The van der Waals surface area contributed by atoms with Crippen LogP contribution in [0.5, 0.6) is 0 Å². The molecule has 0 bridgehead atoms. The van der Waals surface area contributed by atoms with Crippen LogP contribution in [-0.4, -0.2) is 33.9 Å². The number of carboxylic acid groups (broad SMARTS) is 1. The molecule has 1 rings (SSSR count). The third-order valence-electron chi connectivity index (χ3n) is 3.51. The standard InChI is InChI=1S/C14H24N2O3S/c1-5-14(12(17)18,15-6-2)8-7-9-20-13-16-10(3)11(4)19-13/h15H,5-9H2,1-4H3,(H,17,18). The van der Waals surface area contributed by atoms with Crippen molar-refractivity contribution in [1.29, 1.82) is 0 Å². The molecule has 1 aromatic heterocycles. The van der Waals surface area contributed by atoms with Crippen molar-refractivity contribution in [2.45, 2.75) is 57.7 Å². The molecular formula is C14H24N2O3S. The fraction of sp³-hybridized carbons (Fsp3) is 0.714. The van der Waals surface area contributed by atoms with E-state index < -0.39 is 11.5 Å². The van der Waals surface area contributed by atoms with Gasteiger partial charge in [-0.25, -0.2) is 4.98 Å². The Hall–Kier alpha value is -1.01. The lowest BCUT2D eigenvalue weighted by Gasteiger charge is -2.29. The molecular weight excluding hydrogens is 276 g/mol. The number of thioether (sulfide) groups is 1. The van der Waals surface area contributed by atoms with Crippen molar-refractivity contribution in [3.05, 3.63) is 11.5 Å². The summed E-state index contributed by atoms with van der Waals surface area (Å²) in [6, 6.07) is 0. The zero-order chi connectivity index (χ0) is 15.2. The highest BCUT2D eigenvalue weighted by Crippen LogP contribution is 2.24. The van der Waals surface area contributed by atoms with Gasteiger partial charge in [0.2, 0.25) is 0 Å². The van der Waals surface area contributed by atoms with Crippen molar-refractivity contribution in [3.8, 4) is 0 Å². The maximum absolute atomic E-state index is 11.5. The SMILES string of the molecule is CCNC(CC)(CCCSc1nc(C)c(C)o1)C(=O)O. The van der Waals surface area contributed by atoms with Gasteiger partial charge in [0.05, 0.1) is 5.69 Å². The van der Waals surface area contributed by atoms with Gasteiger partial charge in [0.1, 0.15) is 11.3 Å². The maximum Gasteiger partial charge on any atom is 0.323 e. The first-order chi connectivity index (χ1) is 9.45. The van der Waals surface area contributed by atoms with E-state index in [1.807, 2.05) is 27.7 Å². The van der Waals surface area contributed by atoms with Crippen LogP contribution in [0, 0.1) is 13.8 Å². The number of hydrogen-bond donors (Lipinski definition) is 2. The molecule has 0 aliphatic heterocycles. The van der Waals surface area contributed by atoms with Gasteiger partial charge in [-0.1, -0.05) is 25.6 Å². The van der Waals surface area contributed by atoms with Crippen molar-refractivity contribution in [1.82, 2.24) is 10.3 Å². The third kappa shape index (κ3) is 4.24. The van der Waals surface area contributed by atoms with Crippen molar-refractivity contribution >= 4 is 17.7 Å². The van der Waals surface area contributed by atoms with Crippen molar-refractivity contribution < 1.29 is 14.3 Å². The Morgan fingerprint density at radius 1 is 1.45 bits per heavy atom. The van der Waals surface area contributed by atoms with E-state index in [9.17, 15) is 9.90 Å². The van der Waals surface area contributed by atoms with Crippen LogP contribution in [0.2, 0.25) is 0 Å². The molecule has 6 heteroatoms. The first kappa shape index (κ1) is 17.0. The minimum atomic E-state index is -0.808. The van der Waals surface area contributed by atoms with Crippen LogP contribution in [-0.2, 0) is 4.79 Å². The predicted octanol–water partition coefficient (Wildman–Crippen LogP) is 3.01. The van der Waals surface area contributed by atoms with Gasteiger partial charge in [0, 0.05) is 5.75 Å². The summed E-state index contributed by atoms with van der Waals surface area (Å²) < 4.78 is 5.49. The first-order valence-electron chi connectivity index (χ1n) is 7.00. The number of carboxylic acids is 1. The van der Waals surface area contributed by atoms with Crippen molar-refractivity contribution in [3.63, 3.8) is 0 Å². The summed E-state index contributed by atoms with van der Waals surface area (Å²) in [6.07, 6.45) is 1.99. The van der Waals surface area contributed by atoms with Crippen molar-refractivity contribution in [2.24, 2.45) is 0 Å². The molecule has 5 nitrogen and oxygen atoms in total. The molecule has 1 atom stereocenters. The molecule has 0 amide bonds. The van der Waals surface area contributed by atoms with E-state index in [2.05, 4.69) is 10.3 Å². The molecule has 0 aliphatic rings. The quantitative estimate of drug-likeness (QED) is 0.539. The van der Waals surface area contributed by atoms with Crippen molar-refractivity contribution in [2.75, 3.05) is 12.3 Å². The Morgan fingerprint density at radius 3 is 2.60 bits per heavy atom. The normalized spacial score (nSPS) is 14.2. The van der Waals surface area contributed by atoms with E-state index in [1.165, 1.54) is 11.8 Å². The lowest BCUT2D eigenvalue weighted by atomic mass is 9.91. The number of nitrogens with one attached hydrogen (secondary N) is 1. The van der Waals surface area contributed by atoms with E-state index >= 15 is 0 Å². The van der Waals surface area contributed by atoms with E-state index in [4.69, 9.17) is 4.42 Å². The highest BCUT2D eigenvalue weighted by molar-refractivity contribution is 7.99. The molecule has 0 saturated heterocycles. The molecule has 1 aromatic rings. The van der Waals surface area contributed by atoms with E-state index in [0.29, 0.717) is 24.6 Å². The lowest BCUT2D eigenvalue weighted by Crippen LogP contribution is -2.51. The highest BCUT2D eigenvalue weighted by Gasteiger charge is 2.34. The molecule has 2 N–H and O–H groups in total. The van der Waals surface area contributed by atoms with Gasteiger partial charge in [-0.2, -0.15) is 0 Å². The molecule has 0 radical (unpaired) electrons. The van der Waals surface area contributed by atoms with Crippen LogP contribution >= 0.6 is 11.8 Å². The zero-order valence-electron chi connectivity index (χ0n) is 12.7. The number of oxazole rings is 1. The molecule has 0 spiro atoms. The Morgan fingerprint density at radius 2 is 2.15 bits per heavy atom. The molecule has 0 saturated carbocycles. The number of rotatable bonds is 9.